The normalized spacial score (nSPS) is 28.8. The SMILES string of the molecule is COC(=O)[C@@H]1N[C@H](c2ccccc2[N+](=O)[O-])[C@@H]2C(=O)N(C)C(=O)[C@@H]21. The Hall–Kier alpha value is -2.81. The van der Waals surface area contributed by atoms with Crippen LogP contribution in [0.15, 0.2) is 24.3 Å². The first-order chi connectivity index (χ1) is 11.4. The molecule has 2 fully saturated rings. The largest absolute Gasteiger partial charge is 0.468 e. The summed E-state index contributed by atoms with van der Waals surface area (Å²) in [7, 11) is 2.52. The van der Waals surface area contributed by atoms with Gasteiger partial charge in [-0.05, 0) is 0 Å². The summed E-state index contributed by atoms with van der Waals surface area (Å²) in [6.45, 7) is 0. The van der Waals surface area contributed by atoms with Gasteiger partial charge in [0.25, 0.3) is 5.69 Å². The predicted octanol–water partition coefficient (Wildman–Crippen LogP) is 0.0117. The number of methoxy groups -OCH3 is 1. The second-order valence-electron chi connectivity index (χ2n) is 5.75. The number of likely N-dealkylation sites (tertiary alicyclic amines) is 1. The minimum Gasteiger partial charge on any atom is -0.468 e. The van der Waals surface area contributed by atoms with E-state index in [0.717, 1.165) is 4.90 Å². The molecule has 0 unspecified atom stereocenters. The lowest BCUT2D eigenvalue weighted by Crippen LogP contribution is -2.42. The standard InChI is InChI=1S/C15H15N3O6/c1-17-13(19)9-10(14(17)20)12(15(21)24-2)16-11(9)7-5-3-4-6-8(7)18(22)23/h3-6,9-12,16H,1-2H3/t9-,10+,11-,12-/m1/s1. The molecule has 9 heteroatoms. The van der Waals surface area contributed by atoms with Gasteiger partial charge in [-0.3, -0.25) is 34.7 Å². The maximum atomic E-state index is 12.5. The van der Waals surface area contributed by atoms with E-state index in [2.05, 4.69) is 5.32 Å². The van der Waals surface area contributed by atoms with Crippen LogP contribution < -0.4 is 5.32 Å². The molecule has 0 bridgehead atoms. The van der Waals surface area contributed by atoms with Crippen LogP contribution in [0.4, 0.5) is 5.69 Å². The second-order valence-corrected chi connectivity index (χ2v) is 5.75. The van der Waals surface area contributed by atoms with Crippen LogP contribution in [0.1, 0.15) is 11.6 Å². The van der Waals surface area contributed by atoms with Crippen LogP contribution in [0.2, 0.25) is 0 Å². The van der Waals surface area contributed by atoms with Crippen molar-refractivity contribution >= 4 is 23.5 Å². The average Bonchev–Trinajstić information content (AvgIpc) is 3.07. The maximum Gasteiger partial charge on any atom is 0.323 e. The van der Waals surface area contributed by atoms with E-state index < -0.39 is 46.6 Å². The third-order valence-electron chi connectivity index (χ3n) is 4.62. The van der Waals surface area contributed by atoms with Crippen molar-refractivity contribution in [2.75, 3.05) is 14.2 Å². The molecule has 0 spiro atoms. The molecule has 0 saturated carbocycles. The molecule has 2 heterocycles. The highest BCUT2D eigenvalue weighted by molar-refractivity contribution is 6.08. The van der Waals surface area contributed by atoms with Crippen molar-refractivity contribution < 1.29 is 24.0 Å². The summed E-state index contributed by atoms with van der Waals surface area (Å²) in [6.07, 6.45) is 0. The molecule has 1 aromatic rings. The van der Waals surface area contributed by atoms with Crippen molar-refractivity contribution in [3.63, 3.8) is 0 Å². The van der Waals surface area contributed by atoms with Crippen molar-refractivity contribution in [3.8, 4) is 0 Å². The van der Waals surface area contributed by atoms with Crippen molar-refractivity contribution in [1.29, 1.82) is 0 Å². The number of nitrogens with zero attached hydrogens (tertiary/aromatic N) is 2. The number of carbonyl (C=O) groups is 3. The van der Waals surface area contributed by atoms with Crippen LogP contribution in [0.25, 0.3) is 0 Å². The van der Waals surface area contributed by atoms with Crippen LogP contribution >= 0.6 is 0 Å². The molecule has 4 atom stereocenters. The van der Waals surface area contributed by atoms with E-state index in [1.807, 2.05) is 0 Å². The minimum absolute atomic E-state index is 0.172. The second kappa shape index (κ2) is 5.68. The molecule has 1 aromatic carbocycles. The number of imide groups is 1. The van der Waals surface area contributed by atoms with Crippen LogP contribution in [0.5, 0.6) is 0 Å². The molecular formula is C15H15N3O6. The Morgan fingerprint density at radius 1 is 1.25 bits per heavy atom. The number of amides is 2. The first kappa shape index (κ1) is 16.1. The van der Waals surface area contributed by atoms with Gasteiger partial charge >= 0.3 is 5.97 Å². The fraction of sp³-hybridized carbons (Fsp3) is 0.400. The van der Waals surface area contributed by atoms with Gasteiger partial charge in [-0.1, -0.05) is 18.2 Å². The molecule has 9 nitrogen and oxygen atoms in total. The number of hydrogen-bond donors (Lipinski definition) is 1. The van der Waals surface area contributed by atoms with Gasteiger partial charge in [0.15, 0.2) is 0 Å². The number of fused-ring (bicyclic) bond motifs is 1. The van der Waals surface area contributed by atoms with Gasteiger partial charge in [0.2, 0.25) is 11.8 Å². The van der Waals surface area contributed by atoms with E-state index in [1.54, 1.807) is 6.07 Å². The Labute approximate surface area is 136 Å². The van der Waals surface area contributed by atoms with Gasteiger partial charge in [-0.2, -0.15) is 0 Å². The first-order valence-electron chi connectivity index (χ1n) is 7.27. The van der Waals surface area contributed by atoms with Crippen molar-refractivity contribution in [2.24, 2.45) is 11.8 Å². The minimum atomic E-state index is -1.02. The molecule has 0 aromatic heterocycles. The number of hydrogen-bond acceptors (Lipinski definition) is 7. The topological polar surface area (TPSA) is 119 Å². The lowest BCUT2D eigenvalue weighted by molar-refractivity contribution is -0.385. The van der Waals surface area contributed by atoms with E-state index in [1.165, 1.54) is 32.4 Å². The zero-order valence-corrected chi connectivity index (χ0v) is 13.0. The summed E-state index contributed by atoms with van der Waals surface area (Å²) in [5.41, 5.74) is 0.0921. The van der Waals surface area contributed by atoms with E-state index in [-0.39, 0.29) is 11.3 Å². The third-order valence-corrected chi connectivity index (χ3v) is 4.62. The first-order valence-corrected chi connectivity index (χ1v) is 7.27. The van der Waals surface area contributed by atoms with E-state index in [4.69, 9.17) is 4.74 Å². The number of nitro benzene ring substituents is 1. The summed E-state index contributed by atoms with van der Waals surface area (Å²) in [5, 5.41) is 14.2. The Kier molecular flexibility index (Phi) is 3.80. The summed E-state index contributed by atoms with van der Waals surface area (Å²) in [6, 6.07) is 4.12. The molecule has 2 aliphatic heterocycles. The molecule has 2 saturated heterocycles. The highest BCUT2D eigenvalue weighted by Crippen LogP contribution is 2.45. The van der Waals surface area contributed by atoms with Gasteiger partial charge in [-0.15, -0.1) is 0 Å². The molecular weight excluding hydrogens is 318 g/mol. The predicted molar refractivity (Wildman–Crippen MR) is 79.5 cm³/mol. The summed E-state index contributed by atoms with van der Waals surface area (Å²) in [4.78, 5) is 48.5. The lowest BCUT2D eigenvalue weighted by Gasteiger charge is -2.19. The number of ether oxygens (including phenoxy) is 1. The van der Waals surface area contributed by atoms with Crippen molar-refractivity contribution in [1.82, 2.24) is 10.2 Å². The fourth-order valence-corrected chi connectivity index (χ4v) is 3.51. The molecule has 24 heavy (non-hydrogen) atoms. The number of rotatable bonds is 3. The molecule has 1 N–H and O–H groups in total. The average molecular weight is 333 g/mol. The zero-order valence-electron chi connectivity index (χ0n) is 13.0. The van der Waals surface area contributed by atoms with E-state index in [0.29, 0.717) is 0 Å². The molecule has 2 amide bonds. The van der Waals surface area contributed by atoms with Gasteiger partial charge in [-0.25, -0.2) is 0 Å². The van der Waals surface area contributed by atoms with Gasteiger partial charge in [0.1, 0.15) is 6.04 Å². The van der Waals surface area contributed by atoms with Gasteiger partial charge in [0.05, 0.1) is 29.9 Å². The lowest BCUT2D eigenvalue weighted by atomic mass is 9.86. The number of esters is 1. The highest BCUT2D eigenvalue weighted by atomic mass is 16.6. The summed E-state index contributed by atoms with van der Waals surface area (Å²) >= 11 is 0. The van der Waals surface area contributed by atoms with E-state index in [9.17, 15) is 24.5 Å². The Balaban J connectivity index is 2.10. The molecule has 126 valence electrons. The monoisotopic (exact) mass is 333 g/mol. The quantitative estimate of drug-likeness (QED) is 0.358. The van der Waals surface area contributed by atoms with E-state index >= 15 is 0 Å². The van der Waals surface area contributed by atoms with Gasteiger partial charge in [0, 0.05) is 18.7 Å². The number of nitrogens with one attached hydrogen (secondary N) is 1. The number of benzene rings is 1. The molecule has 0 aliphatic carbocycles. The fourth-order valence-electron chi connectivity index (χ4n) is 3.51. The summed E-state index contributed by atoms with van der Waals surface area (Å²) < 4.78 is 4.71. The molecule has 0 radical (unpaired) electrons. The number of nitro groups is 1. The molecule has 2 aliphatic rings. The van der Waals surface area contributed by atoms with Crippen LogP contribution in [-0.2, 0) is 19.1 Å². The highest BCUT2D eigenvalue weighted by Gasteiger charge is 2.61. The van der Waals surface area contributed by atoms with Crippen LogP contribution in [0.3, 0.4) is 0 Å². The molecule has 3 rings (SSSR count). The number of para-hydroxylation sites is 1. The summed E-state index contributed by atoms with van der Waals surface area (Å²) in [5.74, 6) is -3.45. The van der Waals surface area contributed by atoms with Crippen LogP contribution in [0, 0.1) is 22.0 Å². The Bertz CT molecular complexity index is 748. The number of carbonyl (C=O) groups excluding carboxylic acids is 3. The van der Waals surface area contributed by atoms with Crippen LogP contribution in [-0.4, -0.2) is 47.8 Å². The smallest absolute Gasteiger partial charge is 0.323 e. The van der Waals surface area contributed by atoms with Crippen molar-refractivity contribution in [2.45, 2.75) is 12.1 Å². The van der Waals surface area contributed by atoms with Gasteiger partial charge < -0.3 is 4.74 Å². The zero-order chi connectivity index (χ0) is 17.6. The maximum absolute atomic E-state index is 12.5. The van der Waals surface area contributed by atoms with Crippen molar-refractivity contribution in [3.05, 3.63) is 39.9 Å². The third kappa shape index (κ3) is 2.16. The Morgan fingerprint density at radius 3 is 2.50 bits per heavy atom. The Morgan fingerprint density at radius 2 is 1.88 bits per heavy atom.